The minimum absolute atomic E-state index is 0.562. The van der Waals surface area contributed by atoms with Crippen molar-refractivity contribution in [1.29, 1.82) is 0 Å². The quantitative estimate of drug-likeness (QED) is 0.860. The summed E-state index contributed by atoms with van der Waals surface area (Å²) in [7, 11) is 0. The molecule has 1 aliphatic heterocycles. The number of aromatic nitrogens is 1. The summed E-state index contributed by atoms with van der Waals surface area (Å²) in [6.45, 7) is 4.57. The molecule has 1 aliphatic carbocycles. The van der Waals surface area contributed by atoms with Crippen molar-refractivity contribution in [1.82, 2.24) is 15.2 Å². The van der Waals surface area contributed by atoms with Crippen LogP contribution in [0.15, 0.2) is 24.4 Å². The van der Waals surface area contributed by atoms with Crippen molar-refractivity contribution in [3.63, 3.8) is 0 Å². The van der Waals surface area contributed by atoms with Gasteiger partial charge in [0.2, 0.25) is 0 Å². The van der Waals surface area contributed by atoms with Gasteiger partial charge >= 0.3 is 0 Å². The maximum atomic E-state index is 4.60. The van der Waals surface area contributed by atoms with Crippen LogP contribution in [-0.2, 0) is 0 Å². The van der Waals surface area contributed by atoms with E-state index < -0.39 is 0 Å². The van der Waals surface area contributed by atoms with E-state index in [0.717, 1.165) is 32.1 Å². The van der Waals surface area contributed by atoms with Gasteiger partial charge in [0.25, 0.3) is 0 Å². The first-order valence-corrected chi connectivity index (χ1v) is 6.81. The van der Waals surface area contributed by atoms with E-state index in [-0.39, 0.29) is 0 Å². The van der Waals surface area contributed by atoms with Crippen LogP contribution in [0.4, 0.5) is 0 Å². The third-order valence-electron chi connectivity index (χ3n) is 4.13. The minimum atomic E-state index is 0.562. The number of piperazine rings is 1. The zero-order chi connectivity index (χ0) is 11.5. The van der Waals surface area contributed by atoms with Gasteiger partial charge in [0.05, 0.1) is 11.7 Å². The zero-order valence-corrected chi connectivity index (χ0v) is 10.3. The highest BCUT2D eigenvalue weighted by atomic mass is 15.2. The third-order valence-corrected chi connectivity index (χ3v) is 4.13. The van der Waals surface area contributed by atoms with Gasteiger partial charge in [0, 0.05) is 32.4 Å². The summed E-state index contributed by atoms with van der Waals surface area (Å²) in [4.78, 5) is 7.22. The average Bonchev–Trinajstić information content (AvgIpc) is 2.36. The number of hydrogen-bond donors (Lipinski definition) is 1. The van der Waals surface area contributed by atoms with E-state index in [9.17, 15) is 0 Å². The second-order valence-corrected chi connectivity index (χ2v) is 5.18. The molecule has 17 heavy (non-hydrogen) atoms. The topological polar surface area (TPSA) is 28.2 Å². The predicted molar refractivity (Wildman–Crippen MR) is 68.8 cm³/mol. The van der Waals surface area contributed by atoms with Crippen molar-refractivity contribution in [3.05, 3.63) is 30.1 Å². The van der Waals surface area contributed by atoms with Crippen molar-refractivity contribution in [2.75, 3.05) is 26.2 Å². The maximum Gasteiger partial charge on any atom is 0.0578 e. The van der Waals surface area contributed by atoms with E-state index in [1.165, 1.54) is 25.0 Å². The Labute approximate surface area is 103 Å². The molecule has 1 N–H and O–H groups in total. The largest absolute Gasteiger partial charge is 0.314 e. The van der Waals surface area contributed by atoms with Gasteiger partial charge in [-0.05, 0) is 30.9 Å². The van der Waals surface area contributed by atoms with Crippen molar-refractivity contribution < 1.29 is 0 Å². The van der Waals surface area contributed by atoms with Crippen molar-refractivity contribution in [3.8, 4) is 0 Å². The molecule has 0 spiro atoms. The van der Waals surface area contributed by atoms with Crippen LogP contribution in [0.5, 0.6) is 0 Å². The normalized spacial score (nSPS) is 24.2. The molecule has 1 atom stereocenters. The Kier molecular flexibility index (Phi) is 3.39. The lowest BCUT2D eigenvalue weighted by atomic mass is 9.77. The van der Waals surface area contributed by atoms with E-state index in [4.69, 9.17) is 0 Å². The first-order chi connectivity index (χ1) is 8.45. The molecule has 0 radical (unpaired) electrons. The Balaban J connectivity index is 1.80. The van der Waals surface area contributed by atoms with Crippen LogP contribution in [0.3, 0.4) is 0 Å². The number of pyridine rings is 1. The molecule has 1 aromatic heterocycles. The van der Waals surface area contributed by atoms with E-state index in [1.54, 1.807) is 0 Å². The van der Waals surface area contributed by atoms with Gasteiger partial charge in [0.1, 0.15) is 0 Å². The fraction of sp³-hybridized carbons (Fsp3) is 0.643. The predicted octanol–water partition coefficient (Wildman–Crippen LogP) is 1.83. The molecule has 92 valence electrons. The number of hydrogen-bond acceptors (Lipinski definition) is 3. The lowest BCUT2D eigenvalue weighted by Gasteiger charge is -2.42. The van der Waals surface area contributed by atoms with Crippen LogP contribution in [0.2, 0.25) is 0 Å². The second-order valence-electron chi connectivity index (χ2n) is 5.18. The van der Waals surface area contributed by atoms with Crippen LogP contribution in [0.25, 0.3) is 0 Å². The molecule has 3 rings (SSSR count). The van der Waals surface area contributed by atoms with E-state index >= 15 is 0 Å². The molecule has 1 aromatic rings. The van der Waals surface area contributed by atoms with Crippen LogP contribution < -0.4 is 5.32 Å². The molecule has 2 heterocycles. The smallest absolute Gasteiger partial charge is 0.0578 e. The van der Waals surface area contributed by atoms with Crippen molar-refractivity contribution >= 4 is 0 Å². The molecular formula is C14H21N3. The summed E-state index contributed by atoms with van der Waals surface area (Å²) in [6.07, 6.45) is 6.10. The zero-order valence-electron chi connectivity index (χ0n) is 10.3. The highest BCUT2D eigenvalue weighted by Gasteiger charge is 2.34. The number of nitrogens with zero attached hydrogens (tertiary/aromatic N) is 2. The van der Waals surface area contributed by atoms with Gasteiger partial charge < -0.3 is 5.32 Å². The fourth-order valence-electron chi connectivity index (χ4n) is 2.99. The molecule has 0 unspecified atom stereocenters. The molecule has 3 nitrogen and oxygen atoms in total. The van der Waals surface area contributed by atoms with E-state index in [1.807, 2.05) is 12.3 Å². The van der Waals surface area contributed by atoms with Crippen molar-refractivity contribution in [2.24, 2.45) is 5.92 Å². The Hall–Kier alpha value is -0.930. The lowest BCUT2D eigenvalue weighted by Crippen LogP contribution is -2.48. The Bertz CT molecular complexity index is 342. The average molecular weight is 231 g/mol. The summed E-state index contributed by atoms with van der Waals surface area (Å²) < 4.78 is 0. The van der Waals surface area contributed by atoms with Gasteiger partial charge in [-0.25, -0.2) is 0 Å². The molecule has 1 saturated heterocycles. The Morgan fingerprint density at radius 1 is 1.24 bits per heavy atom. The SMILES string of the molecule is c1ccc([C@H](C2CCC2)N2CCNCC2)nc1. The fourth-order valence-corrected chi connectivity index (χ4v) is 2.99. The molecule has 0 bridgehead atoms. The van der Waals surface area contributed by atoms with Gasteiger partial charge in [-0.2, -0.15) is 0 Å². The molecule has 2 fully saturated rings. The van der Waals surface area contributed by atoms with Gasteiger partial charge in [0.15, 0.2) is 0 Å². The molecule has 3 heteroatoms. The van der Waals surface area contributed by atoms with Crippen LogP contribution in [-0.4, -0.2) is 36.1 Å². The molecular weight excluding hydrogens is 210 g/mol. The van der Waals surface area contributed by atoms with Crippen LogP contribution >= 0.6 is 0 Å². The highest BCUT2D eigenvalue weighted by Crippen LogP contribution is 2.40. The van der Waals surface area contributed by atoms with Gasteiger partial charge in [-0.1, -0.05) is 12.5 Å². The van der Waals surface area contributed by atoms with Crippen LogP contribution in [0, 0.1) is 5.92 Å². The minimum Gasteiger partial charge on any atom is -0.314 e. The molecule has 0 aromatic carbocycles. The summed E-state index contributed by atoms with van der Waals surface area (Å²) in [5.41, 5.74) is 1.28. The lowest BCUT2D eigenvalue weighted by molar-refractivity contribution is 0.0809. The first kappa shape index (κ1) is 11.2. The highest BCUT2D eigenvalue weighted by molar-refractivity contribution is 5.11. The van der Waals surface area contributed by atoms with E-state index in [0.29, 0.717) is 6.04 Å². The number of nitrogens with one attached hydrogen (secondary N) is 1. The molecule has 0 amide bonds. The van der Waals surface area contributed by atoms with Crippen molar-refractivity contribution in [2.45, 2.75) is 25.3 Å². The Morgan fingerprint density at radius 2 is 2.06 bits per heavy atom. The second kappa shape index (κ2) is 5.15. The van der Waals surface area contributed by atoms with Gasteiger partial charge in [-0.3, -0.25) is 9.88 Å². The maximum absolute atomic E-state index is 4.60. The first-order valence-electron chi connectivity index (χ1n) is 6.81. The van der Waals surface area contributed by atoms with E-state index in [2.05, 4.69) is 27.3 Å². The van der Waals surface area contributed by atoms with Gasteiger partial charge in [-0.15, -0.1) is 0 Å². The summed E-state index contributed by atoms with van der Waals surface area (Å²) in [5.74, 6) is 0.836. The molecule has 2 aliphatic rings. The van der Waals surface area contributed by atoms with Crippen LogP contribution in [0.1, 0.15) is 31.0 Å². The Morgan fingerprint density at radius 3 is 2.65 bits per heavy atom. The summed E-state index contributed by atoms with van der Waals surface area (Å²) >= 11 is 0. The third kappa shape index (κ3) is 2.35. The summed E-state index contributed by atoms with van der Waals surface area (Å²) in [5, 5.41) is 3.43. The summed E-state index contributed by atoms with van der Waals surface area (Å²) in [6, 6.07) is 6.90. The standard InChI is InChI=1S/C14H21N3/c1-2-7-16-13(6-1)14(12-4-3-5-12)17-10-8-15-9-11-17/h1-2,6-7,12,14-15H,3-5,8-11H2/t14-/m0/s1. The molecule has 1 saturated carbocycles. The monoisotopic (exact) mass is 231 g/mol. The number of rotatable bonds is 3.